The van der Waals surface area contributed by atoms with Gasteiger partial charge in [-0.05, 0) is 57.1 Å². The van der Waals surface area contributed by atoms with Crippen LogP contribution in [0.2, 0.25) is 0 Å². The number of rotatable bonds is 3. The maximum atomic E-state index is 12.6. The monoisotopic (exact) mass is 342 g/mol. The predicted octanol–water partition coefficient (Wildman–Crippen LogP) is 1.99. The molecule has 2 amide bonds. The molecule has 1 aromatic heterocycles. The van der Waals surface area contributed by atoms with Crippen molar-refractivity contribution in [2.45, 2.75) is 26.7 Å². The minimum absolute atomic E-state index is 0.00162. The molecule has 0 radical (unpaired) electrons. The Bertz CT molecular complexity index is 828. The van der Waals surface area contributed by atoms with E-state index in [9.17, 15) is 9.59 Å². The number of carbonyl (C=O) groups excluding carboxylic acids is 2. The van der Waals surface area contributed by atoms with Gasteiger partial charge in [0, 0.05) is 16.5 Å². The number of nitrogens with one attached hydrogen (secondary N) is 3. The summed E-state index contributed by atoms with van der Waals surface area (Å²) in [6, 6.07) is 7.07. The van der Waals surface area contributed by atoms with Gasteiger partial charge in [-0.3, -0.25) is 19.8 Å². The van der Waals surface area contributed by atoms with Crippen LogP contribution in [0, 0.1) is 12.3 Å². The lowest BCUT2D eigenvalue weighted by molar-refractivity contribution is -0.126. The molecule has 1 aromatic carbocycles. The lowest BCUT2D eigenvalue weighted by Gasteiger charge is -2.32. The molecule has 2 aromatic rings. The molecule has 0 bridgehead atoms. The molecular formula is C18H22N4O3. The zero-order valence-corrected chi connectivity index (χ0v) is 14.3. The molecule has 1 saturated heterocycles. The number of aromatic nitrogens is 1. The van der Waals surface area contributed by atoms with Gasteiger partial charge in [-0.25, -0.2) is 5.48 Å². The average Bonchev–Trinajstić information content (AvgIpc) is 2.61. The van der Waals surface area contributed by atoms with Gasteiger partial charge in [-0.15, -0.1) is 0 Å². The normalized spacial score (nSPS) is 16.4. The molecule has 132 valence electrons. The highest BCUT2D eigenvalue weighted by Gasteiger charge is 2.34. The van der Waals surface area contributed by atoms with E-state index in [1.54, 1.807) is 24.5 Å². The third kappa shape index (κ3) is 3.47. The highest BCUT2D eigenvalue weighted by molar-refractivity contribution is 6.00. The maximum Gasteiger partial charge on any atom is 0.276 e. The van der Waals surface area contributed by atoms with Crippen molar-refractivity contribution in [3.8, 4) is 0 Å². The summed E-state index contributed by atoms with van der Waals surface area (Å²) in [6.07, 6.45) is 1.60. The first-order valence-electron chi connectivity index (χ1n) is 8.31. The molecule has 1 aliphatic rings. The highest BCUT2D eigenvalue weighted by atomic mass is 16.5. The van der Waals surface area contributed by atoms with Crippen LogP contribution in [-0.2, 0) is 4.79 Å². The van der Waals surface area contributed by atoms with Gasteiger partial charge in [-0.1, -0.05) is 6.92 Å². The van der Waals surface area contributed by atoms with Crippen molar-refractivity contribution < 1.29 is 14.8 Å². The van der Waals surface area contributed by atoms with Crippen LogP contribution < -0.4 is 16.1 Å². The fraction of sp³-hybridized carbons (Fsp3) is 0.389. The van der Waals surface area contributed by atoms with E-state index in [2.05, 4.69) is 15.6 Å². The molecule has 4 N–H and O–H groups in total. The summed E-state index contributed by atoms with van der Waals surface area (Å²) in [5, 5.41) is 15.8. The van der Waals surface area contributed by atoms with Gasteiger partial charge in [0.1, 0.15) is 0 Å². The van der Waals surface area contributed by atoms with E-state index in [0.29, 0.717) is 16.9 Å². The summed E-state index contributed by atoms with van der Waals surface area (Å²) in [5.74, 6) is -0.606. The zero-order valence-electron chi connectivity index (χ0n) is 14.3. The Kier molecular flexibility index (Phi) is 4.69. The van der Waals surface area contributed by atoms with Gasteiger partial charge in [-0.2, -0.15) is 0 Å². The number of nitrogens with zero attached hydrogens (tertiary/aromatic N) is 1. The molecule has 0 saturated carbocycles. The molecule has 0 unspecified atom stereocenters. The Morgan fingerprint density at radius 1 is 1.24 bits per heavy atom. The zero-order chi connectivity index (χ0) is 18.0. The Balaban J connectivity index is 1.88. The Morgan fingerprint density at radius 2 is 1.96 bits per heavy atom. The molecule has 1 aliphatic heterocycles. The number of hydroxylamine groups is 1. The minimum Gasteiger partial charge on any atom is -0.326 e. The second kappa shape index (κ2) is 6.78. The van der Waals surface area contributed by atoms with Crippen LogP contribution in [0.5, 0.6) is 0 Å². The number of hydrogen-bond acceptors (Lipinski definition) is 5. The van der Waals surface area contributed by atoms with Crippen molar-refractivity contribution in [2.24, 2.45) is 5.41 Å². The smallest absolute Gasteiger partial charge is 0.276 e. The first kappa shape index (κ1) is 17.3. The van der Waals surface area contributed by atoms with E-state index < -0.39 is 5.91 Å². The molecule has 0 atom stereocenters. The summed E-state index contributed by atoms with van der Waals surface area (Å²) in [4.78, 5) is 28.7. The Morgan fingerprint density at radius 3 is 2.64 bits per heavy atom. The molecule has 0 aliphatic carbocycles. The Labute approximate surface area is 145 Å². The van der Waals surface area contributed by atoms with Crippen LogP contribution in [0.3, 0.4) is 0 Å². The molecule has 7 heteroatoms. The molecule has 3 rings (SSSR count). The van der Waals surface area contributed by atoms with Crippen LogP contribution in [-0.4, -0.2) is 35.1 Å². The summed E-state index contributed by atoms with van der Waals surface area (Å²) in [5.41, 5.74) is 3.45. The minimum atomic E-state index is -0.608. The third-order valence-electron chi connectivity index (χ3n) is 4.86. The first-order valence-corrected chi connectivity index (χ1v) is 8.31. The number of piperidine rings is 1. The van der Waals surface area contributed by atoms with Crippen LogP contribution in [0.4, 0.5) is 5.69 Å². The fourth-order valence-electron chi connectivity index (χ4n) is 3.13. The number of anilines is 1. The lowest BCUT2D eigenvalue weighted by Crippen LogP contribution is -2.42. The molecule has 0 spiro atoms. The van der Waals surface area contributed by atoms with Gasteiger partial charge in [0.25, 0.3) is 5.91 Å². The molecule has 1 fully saturated rings. The van der Waals surface area contributed by atoms with Crippen LogP contribution >= 0.6 is 0 Å². The quantitative estimate of drug-likeness (QED) is 0.504. The van der Waals surface area contributed by atoms with Gasteiger partial charge >= 0.3 is 0 Å². The van der Waals surface area contributed by atoms with E-state index in [0.717, 1.165) is 36.8 Å². The first-order chi connectivity index (χ1) is 11.9. The fourth-order valence-corrected chi connectivity index (χ4v) is 3.13. The SMILES string of the molecule is Cc1nc2ccc(NC(=O)C3(C)CCNCC3)cc2cc1C(=O)NO. The second-order valence-corrected chi connectivity index (χ2v) is 6.73. The van der Waals surface area contributed by atoms with E-state index >= 15 is 0 Å². The molecule has 2 heterocycles. The molecule has 25 heavy (non-hydrogen) atoms. The highest BCUT2D eigenvalue weighted by Crippen LogP contribution is 2.30. The van der Waals surface area contributed by atoms with Crippen LogP contribution in [0.1, 0.15) is 35.8 Å². The van der Waals surface area contributed by atoms with Crippen molar-refractivity contribution in [1.82, 2.24) is 15.8 Å². The predicted molar refractivity (Wildman–Crippen MR) is 94.6 cm³/mol. The summed E-state index contributed by atoms with van der Waals surface area (Å²) in [6.45, 7) is 5.37. The Hall–Kier alpha value is -2.51. The molecular weight excluding hydrogens is 320 g/mol. The topological polar surface area (TPSA) is 103 Å². The van der Waals surface area contributed by atoms with Gasteiger partial charge in [0.15, 0.2) is 0 Å². The number of pyridine rings is 1. The standard InChI is InChI=1S/C18H22N4O3/c1-11-14(16(23)22-25)10-12-9-13(3-4-15(12)20-11)21-17(24)18(2)5-7-19-8-6-18/h3-4,9-10,19,25H,5-8H2,1-2H3,(H,21,24)(H,22,23). The number of aryl methyl sites for hydroxylation is 1. The van der Waals surface area contributed by atoms with E-state index in [4.69, 9.17) is 5.21 Å². The van der Waals surface area contributed by atoms with E-state index in [-0.39, 0.29) is 11.3 Å². The largest absolute Gasteiger partial charge is 0.326 e. The number of benzene rings is 1. The van der Waals surface area contributed by atoms with E-state index in [1.807, 2.05) is 19.1 Å². The number of hydrogen-bond donors (Lipinski definition) is 4. The summed E-state index contributed by atoms with van der Waals surface area (Å²) in [7, 11) is 0. The van der Waals surface area contributed by atoms with Crippen molar-refractivity contribution in [3.05, 3.63) is 35.5 Å². The molecule has 7 nitrogen and oxygen atoms in total. The van der Waals surface area contributed by atoms with Crippen LogP contribution in [0.25, 0.3) is 10.9 Å². The van der Waals surface area contributed by atoms with Gasteiger partial charge < -0.3 is 10.6 Å². The van der Waals surface area contributed by atoms with Crippen molar-refractivity contribution in [2.75, 3.05) is 18.4 Å². The van der Waals surface area contributed by atoms with Crippen molar-refractivity contribution >= 4 is 28.4 Å². The van der Waals surface area contributed by atoms with Gasteiger partial charge in [0.05, 0.1) is 16.8 Å². The van der Waals surface area contributed by atoms with Gasteiger partial charge in [0.2, 0.25) is 5.91 Å². The average molecular weight is 342 g/mol. The van der Waals surface area contributed by atoms with Crippen molar-refractivity contribution in [3.63, 3.8) is 0 Å². The number of carbonyl (C=O) groups is 2. The summed E-state index contributed by atoms with van der Waals surface area (Å²) >= 11 is 0. The third-order valence-corrected chi connectivity index (χ3v) is 4.86. The maximum absolute atomic E-state index is 12.6. The van der Waals surface area contributed by atoms with E-state index in [1.165, 1.54) is 0 Å². The van der Waals surface area contributed by atoms with Crippen molar-refractivity contribution in [1.29, 1.82) is 0 Å². The van der Waals surface area contributed by atoms with Crippen LogP contribution in [0.15, 0.2) is 24.3 Å². The number of fused-ring (bicyclic) bond motifs is 1. The summed E-state index contributed by atoms with van der Waals surface area (Å²) < 4.78 is 0. The second-order valence-electron chi connectivity index (χ2n) is 6.73. The number of amides is 2. The lowest BCUT2D eigenvalue weighted by atomic mass is 9.80.